The molecule has 0 spiro atoms. The minimum atomic E-state index is -1.16. The number of aromatic nitrogens is 1. The molecule has 1 heterocycles. The van der Waals surface area contributed by atoms with Crippen molar-refractivity contribution in [2.75, 3.05) is 11.1 Å². The number of nitrogens with zero attached hydrogens (tertiary/aromatic N) is 1. The van der Waals surface area contributed by atoms with E-state index >= 15 is 0 Å². The molecule has 0 saturated heterocycles. The Hall–Kier alpha value is -1.83. The van der Waals surface area contributed by atoms with Crippen LogP contribution < -0.4 is 11.1 Å². The topological polar surface area (TPSA) is 105 Å². The predicted molar refractivity (Wildman–Crippen MR) is 82.6 cm³/mol. The molecule has 0 saturated carbocycles. The zero-order valence-electron chi connectivity index (χ0n) is 10.6. The molecule has 0 bridgehead atoms. The van der Waals surface area contributed by atoms with Gasteiger partial charge in [0.2, 0.25) is 0 Å². The van der Waals surface area contributed by atoms with Crippen LogP contribution >= 0.6 is 34.7 Å². The van der Waals surface area contributed by atoms with Crippen LogP contribution in [0.1, 0.15) is 26.4 Å². The lowest BCUT2D eigenvalue weighted by Crippen LogP contribution is -2.14. The van der Waals surface area contributed by atoms with Gasteiger partial charge in [-0.1, -0.05) is 23.2 Å². The van der Waals surface area contributed by atoms with E-state index in [1.807, 2.05) is 0 Å². The molecular weight excluding hydrogens is 337 g/mol. The van der Waals surface area contributed by atoms with Crippen LogP contribution in [0.25, 0.3) is 0 Å². The number of carboxylic acids is 1. The summed E-state index contributed by atoms with van der Waals surface area (Å²) in [6.45, 7) is 1.55. The Labute approximate surface area is 133 Å². The number of carbonyl (C=O) groups is 2. The van der Waals surface area contributed by atoms with Crippen molar-refractivity contribution in [3.05, 3.63) is 39.0 Å². The van der Waals surface area contributed by atoms with Gasteiger partial charge in [-0.2, -0.15) is 4.37 Å². The van der Waals surface area contributed by atoms with Gasteiger partial charge in [-0.25, -0.2) is 4.79 Å². The molecule has 9 heteroatoms. The number of halogens is 2. The largest absolute Gasteiger partial charge is 0.478 e. The van der Waals surface area contributed by atoms with E-state index in [1.54, 1.807) is 6.92 Å². The summed E-state index contributed by atoms with van der Waals surface area (Å²) in [5, 5.41) is 12.0. The van der Waals surface area contributed by atoms with Crippen LogP contribution in [0.5, 0.6) is 0 Å². The van der Waals surface area contributed by atoms with Crippen molar-refractivity contribution in [1.82, 2.24) is 4.37 Å². The van der Waals surface area contributed by atoms with Gasteiger partial charge in [0.15, 0.2) is 0 Å². The molecule has 0 unspecified atom stereocenters. The van der Waals surface area contributed by atoms with E-state index in [9.17, 15) is 9.59 Å². The summed E-state index contributed by atoms with van der Waals surface area (Å²) in [5.74, 6) is -1.71. The number of carboxylic acid groups (broad SMARTS) is 1. The van der Waals surface area contributed by atoms with Crippen molar-refractivity contribution >= 4 is 57.3 Å². The van der Waals surface area contributed by atoms with Crippen LogP contribution in [0.2, 0.25) is 10.0 Å². The predicted octanol–water partition coefficient (Wildman–Crippen LogP) is 3.29. The van der Waals surface area contributed by atoms with Crippen LogP contribution in [0, 0.1) is 6.92 Å². The lowest BCUT2D eigenvalue weighted by molar-refractivity contribution is 0.0697. The number of aromatic carboxylic acids is 1. The van der Waals surface area contributed by atoms with Gasteiger partial charge in [0.25, 0.3) is 5.91 Å². The molecule has 2 rings (SSSR count). The highest BCUT2D eigenvalue weighted by Gasteiger charge is 2.20. The summed E-state index contributed by atoms with van der Waals surface area (Å²) in [7, 11) is 0. The molecule has 4 N–H and O–H groups in total. The fourth-order valence-corrected chi connectivity index (χ4v) is 2.87. The summed E-state index contributed by atoms with van der Waals surface area (Å²) in [5.41, 5.74) is 6.22. The molecular formula is C12H9Cl2N3O3S. The van der Waals surface area contributed by atoms with Gasteiger partial charge in [0.05, 0.1) is 21.4 Å². The third-order valence-electron chi connectivity index (χ3n) is 2.64. The maximum atomic E-state index is 12.1. The Bertz CT molecular complexity index is 722. The Morgan fingerprint density at radius 1 is 1.33 bits per heavy atom. The van der Waals surface area contributed by atoms with E-state index in [-0.39, 0.29) is 31.9 Å². The normalized spacial score (nSPS) is 10.4. The second-order valence-electron chi connectivity index (χ2n) is 4.08. The van der Waals surface area contributed by atoms with Crippen molar-refractivity contribution < 1.29 is 14.7 Å². The third kappa shape index (κ3) is 3.10. The van der Waals surface area contributed by atoms with E-state index in [0.717, 1.165) is 11.5 Å². The van der Waals surface area contributed by atoms with Crippen molar-refractivity contribution in [2.24, 2.45) is 0 Å². The van der Waals surface area contributed by atoms with Gasteiger partial charge >= 0.3 is 5.97 Å². The number of nitrogens with two attached hydrogens (primary N) is 1. The molecule has 6 nitrogen and oxygen atoms in total. The minimum Gasteiger partial charge on any atom is -0.478 e. The fourth-order valence-electron chi connectivity index (χ4n) is 1.60. The number of hydrogen-bond donors (Lipinski definition) is 3. The average molecular weight is 346 g/mol. The van der Waals surface area contributed by atoms with Crippen molar-refractivity contribution in [3.8, 4) is 0 Å². The van der Waals surface area contributed by atoms with Crippen molar-refractivity contribution in [3.63, 3.8) is 0 Å². The zero-order chi connectivity index (χ0) is 15.7. The van der Waals surface area contributed by atoms with Crippen molar-refractivity contribution in [2.45, 2.75) is 6.92 Å². The van der Waals surface area contributed by atoms with Crippen LogP contribution in [-0.4, -0.2) is 21.4 Å². The summed E-state index contributed by atoms with van der Waals surface area (Å²) in [6, 6.07) is 2.71. The maximum Gasteiger partial charge on any atom is 0.340 e. The highest BCUT2D eigenvalue weighted by atomic mass is 35.5. The number of anilines is 2. The van der Waals surface area contributed by atoms with Gasteiger partial charge in [-0.3, -0.25) is 4.79 Å². The van der Waals surface area contributed by atoms with Crippen LogP contribution in [0.15, 0.2) is 12.1 Å². The standard InChI is InChI=1S/C12H9Cl2N3O3S/c1-4-8(12(19)20)11(21-17-4)16-10(18)5-2-6(13)9(15)7(14)3-5/h2-3H,15H2,1H3,(H,16,18)(H,19,20). The van der Waals surface area contributed by atoms with E-state index in [0.29, 0.717) is 5.69 Å². The first-order valence-corrected chi connectivity index (χ1v) is 7.09. The van der Waals surface area contributed by atoms with Crippen molar-refractivity contribution in [1.29, 1.82) is 0 Å². The Balaban J connectivity index is 2.33. The second-order valence-corrected chi connectivity index (χ2v) is 5.67. The number of carbonyl (C=O) groups excluding carboxylic acids is 1. The first kappa shape index (κ1) is 15.6. The Kier molecular flexibility index (Phi) is 4.36. The lowest BCUT2D eigenvalue weighted by Gasteiger charge is -2.07. The number of nitrogen functional groups attached to an aromatic ring is 1. The van der Waals surface area contributed by atoms with Crippen LogP contribution in [-0.2, 0) is 0 Å². The van der Waals surface area contributed by atoms with Crippen LogP contribution in [0.4, 0.5) is 10.7 Å². The van der Waals surface area contributed by atoms with Gasteiger partial charge in [0, 0.05) is 5.56 Å². The summed E-state index contributed by atoms with van der Waals surface area (Å²) in [6.07, 6.45) is 0. The number of rotatable bonds is 3. The molecule has 2 aromatic rings. The molecule has 0 fully saturated rings. The number of amides is 1. The first-order valence-electron chi connectivity index (χ1n) is 5.56. The molecule has 21 heavy (non-hydrogen) atoms. The number of hydrogen-bond acceptors (Lipinski definition) is 5. The highest BCUT2D eigenvalue weighted by Crippen LogP contribution is 2.30. The molecule has 1 aromatic carbocycles. The molecule has 0 aliphatic rings. The number of nitrogens with one attached hydrogen (secondary N) is 1. The lowest BCUT2D eigenvalue weighted by atomic mass is 10.2. The first-order chi connectivity index (χ1) is 9.81. The Morgan fingerprint density at radius 2 is 1.90 bits per heavy atom. The minimum absolute atomic E-state index is 0.0408. The number of benzene rings is 1. The highest BCUT2D eigenvalue weighted by molar-refractivity contribution is 7.11. The summed E-state index contributed by atoms with van der Waals surface area (Å²) in [4.78, 5) is 23.3. The molecule has 0 atom stereocenters. The zero-order valence-corrected chi connectivity index (χ0v) is 12.9. The fraction of sp³-hybridized carbons (Fsp3) is 0.0833. The monoisotopic (exact) mass is 345 g/mol. The molecule has 1 amide bonds. The third-order valence-corrected chi connectivity index (χ3v) is 4.12. The smallest absolute Gasteiger partial charge is 0.340 e. The van der Waals surface area contributed by atoms with E-state index < -0.39 is 11.9 Å². The quantitative estimate of drug-likeness (QED) is 0.740. The molecule has 1 aromatic heterocycles. The van der Waals surface area contributed by atoms with Gasteiger partial charge in [-0.15, -0.1) is 0 Å². The summed E-state index contributed by atoms with van der Waals surface area (Å²) < 4.78 is 3.91. The molecule has 110 valence electrons. The SMILES string of the molecule is Cc1nsc(NC(=O)c2cc(Cl)c(N)c(Cl)c2)c1C(=O)O. The molecule has 0 aliphatic heterocycles. The van der Waals surface area contributed by atoms with E-state index in [1.165, 1.54) is 12.1 Å². The number of aryl methyl sites for hydroxylation is 1. The van der Waals surface area contributed by atoms with E-state index in [2.05, 4.69) is 9.69 Å². The van der Waals surface area contributed by atoms with Gasteiger partial charge < -0.3 is 16.2 Å². The Morgan fingerprint density at radius 3 is 2.43 bits per heavy atom. The molecule has 0 radical (unpaired) electrons. The van der Waals surface area contributed by atoms with Gasteiger partial charge in [0.1, 0.15) is 10.6 Å². The van der Waals surface area contributed by atoms with Gasteiger partial charge in [-0.05, 0) is 30.6 Å². The second kappa shape index (κ2) is 5.88. The molecule has 0 aliphatic carbocycles. The summed E-state index contributed by atoms with van der Waals surface area (Å²) >= 11 is 12.6. The van der Waals surface area contributed by atoms with E-state index in [4.69, 9.17) is 34.0 Å². The van der Waals surface area contributed by atoms with Crippen LogP contribution in [0.3, 0.4) is 0 Å². The average Bonchev–Trinajstić information content (AvgIpc) is 2.76. The maximum absolute atomic E-state index is 12.1.